The fraction of sp³-hybridized carbons (Fsp3) is 0.786. The summed E-state index contributed by atoms with van der Waals surface area (Å²) in [6.07, 6.45) is 3.52. The summed E-state index contributed by atoms with van der Waals surface area (Å²) in [5.74, 6) is 0. The maximum absolute atomic E-state index is 10.2. The molecule has 2 fully saturated rings. The summed E-state index contributed by atoms with van der Waals surface area (Å²) in [6, 6.07) is 0. The summed E-state index contributed by atoms with van der Waals surface area (Å²) in [4.78, 5) is 8.12. The molecule has 0 saturated carbocycles. The second kappa shape index (κ2) is 5.48. The van der Waals surface area contributed by atoms with Crippen molar-refractivity contribution in [3.8, 4) is 0 Å². The first-order valence-electron chi connectivity index (χ1n) is 7.13. The van der Waals surface area contributed by atoms with E-state index in [0.717, 1.165) is 57.6 Å². The highest BCUT2D eigenvalue weighted by molar-refractivity contribution is 7.09. The van der Waals surface area contributed by atoms with Gasteiger partial charge >= 0.3 is 0 Å². The molecule has 1 atom stereocenters. The maximum Gasteiger partial charge on any atom is 0.0964 e. The number of aryl methyl sites for hydroxylation is 1. The summed E-state index contributed by atoms with van der Waals surface area (Å²) >= 11 is 1.74. The lowest BCUT2D eigenvalue weighted by atomic mass is 9.82. The van der Waals surface area contributed by atoms with Crippen LogP contribution in [0.2, 0.25) is 0 Å². The van der Waals surface area contributed by atoms with E-state index < -0.39 is 0 Å². The van der Waals surface area contributed by atoms with E-state index >= 15 is 0 Å². The Morgan fingerprint density at radius 3 is 2.95 bits per heavy atom. The number of aromatic nitrogens is 1. The highest BCUT2D eigenvalue weighted by Crippen LogP contribution is 2.35. The summed E-state index contributed by atoms with van der Waals surface area (Å²) in [5, 5.41) is 10.2. The van der Waals surface area contributed by atoms with Crippen molar-refractivity contribution in [3.05, 3.63) is 16.1 Å². The molecule has 0 aromatic carbocycles. The molecule has 106 valence electrons. The van der Waals surface area contributed by atoms with Gasteiger partial charge in [0.25, 0.3) is 0 Å². The molecular formula is C14H22N2O2S. The Morgan fingerprint density at radius 2 is 2.32 bits per heavy atom. The molecule has 19 heavy (non-hydrogen) atoms. The minimum Gasteiger partial charge on any atom is -0.390 e. The Morgan fingerprint density at radius 1 is 1.53 bits per heavy atom. The highest BCUT2D eigenvalue weighted by Gasteiger charge is 2.43. The minimum atomic E-state index is -0.270. The smallest absolute Gasteiger partial charge is 0.0964 e. The van der Waals surface area contributed by atoms with E-state index in [1.807, 2.05) is 5.51 Å². The number of aliphatic hydroxyl groups is 1. The van der Waals surface area contributed by atoms with Gasteiger partial charge in [0.15, 0.2) is 0 Å². The molecule has 0 aliphatic carbocycles. The Hall–Kier alpha value is -0.490. The predicted molar refractivity (Wildman–Crippen MR) is 75.3 cm³/mol. The van der Waals surface area contributed by atoms with Gasteiger partial charge < -0.3 is 9.84 Å². The van der Waals surface area contributed by atoms with Crippen LogP contribution in [0.25, 0.3) is 0 Å². The molecule has 2 aliphatic rings. The van der Waals surface area contributed by atoms with Crippen molar-refractivity contribution in [2.24, 2.45) is 0 Å². The van der Waals surface area contributed by atoms with Crippen LogP contribution >= 0.6 is 11.3 Å². The van der Waals surface area contributed by atoms with Crippen molar-refractivity contribution in [3.63, 3.8) is 0 Å². The first kappa shape index (κ1) is 13.5. The van der Waals surface area contributed by atoms with Crippen LogP contribution in [0, 0.1) is 6.92 Å². The van der Waals surface area contributed by atoms with Crippen LogP contribution in [0.5, 0.6) is 0 Å². The molecule has 4 nitrogen and oxygen atoms in total. The number of nitrogens with zero attached hydrogens (tertiary/aromatic N) is 2. The van der Waals surface area contributed by atoms with Crippen LogP contribution in [0.15, 0.2) is 5.51 Å². The van der Waals surface area contributed by atoms with Crippen molar-refractivity contribution in [1.29, 1.82) is 0 Å². The number of rotatable bonds is 2. The van der Waals surface area contributed by atoms with Crippen LogP contribution in [-0.4, -0.2) is 46.4 Å². The fourth-order valence-electron chi connectivity index (χ4n) is 3.16. The molecule has 2 saturated heterocycles. The van der Waals surface area contributed by atoms with E-state index in [1.165, 1.54) is 4.88 Å². The number of piperidine rings is 1. The predicted octanol–water partition coefficient (Wildman–Crippen LogP) is 1.96. The lowest BCUT2D eigenvalue weighted by Crippen LogP contribution is -2.55. The van der Waals surface area contributed by atoms with E-state index in [1.54, 1.807) is 11.3 Å². The average Bonchev–Trinajstić information content (AvgIpc) is 2.82. The second-order valence-corrected chi connectivity index (χ2v) is 6.65. The van der Waals surface area contributed by atoms with E-state index in [4.69, 9.17) is 4.74 Å². The number of aliphatic hydroxyl groups excluding tert-OH is 1. The Balaban J connectivity index is 1.58. The van der Waals surface area contributed by atoms with Gasteiger partial charge in [-0.2, -0.15) is 0 Å². The number of thiazole rings is 1. The zero-order valence-electron chi connectivity index (χ0n) is 11.5. The highest BCUT2D eigenvalue weighted by atomic mass is 32.1. The lowest BCUT2D eigenvalue weighted by Gasteiger charge is -2.46. The molecule has 3 heterocycles. The molecule has 1 aromatic rings. The van der Waals surface area contributed by atoms with E-state index in [-0.39, 0.29) is 11.7 Å². The zero-order valence-corrected chi connectivity index (χ0v) is 12.3. The summed E-state index contributed by atoms with van der Waals surface area (Å²) < 4.78 is 5.94. The van der Waals surface area contributed by atoms with Crippen LogP contribution in [0.3, 0.4) is 0 Å². The molecule has 1 spiro atoms. The minimum absolute atomic E-state index is 0.252. The molecule has 0 radical (unpaired) electrons. The van der Waals surface area contributed by atoms with Crippen LogP contribution in [-0.2, 0) is 11.3 Å². The lowest BCUT2D eigenvalue weighted by molar-refractivity contribution is -0.177. The van der Waals surface area contributed by atoms with Gasteiger partial charge in [0.05, 0.1) is 22.9 Å². The van der Waals surface area contributed by atoms with Gasteiger partial charge in [-0.25, -0.2) is 4.98 Å². The molecule has 0 amide bonds. The maximum atomic E-state index is 10.2. The van der Waals surface area contributed by atoms with Crippen molar-refractivity contribution in [2.75, 3.05) is 19.7 Å². The van der Waals surface area contributed by atoms with Crippen molar-refractivity contribution < 1.29 is 9.84 Å². The van der Waals surface area contributed by atoms with Gasteiger partial charge in [0.1, 0.15) is 0 Å². The number of hydrogen-bond acceptors (Lipinski definition) is 5. The largest absolute Gasteiger partial charge is 0.390 e. The Labute approximate surface area is 118 Å². The normalized spacial score (nSPS) is 27.8. The van der Waals surface area contributed by atoms with Crippen LogP contribution < -0.4 is 0 Å². The van der Waals surface area contributed by atoms with Crippen molar-refractivity contribution in [1.82, 2.24) is 9.88 Å². The van der Waals surface area contributed by atoms with Crippen molar-refractivity contribution >= 4 is 11.3 Å². The third-order valence-electron chi connectivity index (χ3n) is 4.53. The molecule has 0 bridgehead atoms. The zero-order chi connectivity index (χ0) is 13.3. The van der Waals surface area contributed by atoms with Gasteiger partial charge in [0.2, 0.25) is 0 Å². The SMILES string of the molecule is Cc1ncsc1CN1CCC2(CC1)OCCC[C@@H]2O. The standard InChI is InChI=1S/C14H22N2O2S/c1-11-12(19-10-15-11)9-16-6-4-14(5-7-16)13(17)3-2-8-18-14/h10,13,17H,2-9H2,1H3/t13-/m0/s1. The van der Waals surface area contributed by atoms with E-state index in [2.05, 4.69) is 16.8 Å². The molecule has 2 aliphatic heterocycles. The van der Waals surface area contributed by atoms with Gasteiger partial charge in [-0.15, -0.1) is 11.3 Å². The fourth-order valence-corrected chi connectivity index (χ4v) is 3.98. The Bertz CT molecular complexity index is 427. The van der Waals surface area contributed by atoms with Crippen LogP contribution in [0.4, 0.5) is 0 Å². The molecule has 3 rings (SSSR count). The summed E-state index contributed by atoms with van der Waals surface area (Å²) in [7, 11) is 0. The Kier molecular flexibility index (Phi) is 3.89. The quantitative estimate of drug-likeness (QED) is 0.900. The first-order valence-corrected chi connectivity index (χ1v) is 8.01. The van der Waals surface area contributed by atoms with Gasteiger partial charge in [-0.1, -0.05) is 0 Å². The monoisotopic (exact) mass is 282 g/mol. The van der Waals surface area contributed by atoms with Crippen LogP contribution in [0.1, 0.15) is 36.3 Å². The van der Waals surface area contributed by atoms with Gasteiger partial charge in [0, 0.05) is 31.1 Å². The van der Waals surface area contributed by atoms with E-state index in [0.29, 0.717) is 0 Å². The topological polar surface area (TPSA) is 45.6 Å². The molecule has 5 heteroatoms. The van der Waals surface area contributed by atoms with Crippen molar-refractivity contribution in [2.45, 2.75) is 50.9 Å². The average molecular weight is 282 g/mol. The third-order valence-corrected chi connectivity index (χ3v) is 5.45. The molecule has 1 aromatic heterocycles. The first-order chi connectivity index (χ1) is 9.20. The molecule has 0 unspecified atom stereocenters. The van der Waals surface area contributed by atoms with Gasteiger partial charge in [-0.3, -0.25) is 4.90 Å². The van der Waals surface area contributed by atoms with Gasteiger partial charge in [-0.05, 0) is 32.6 Å². The second-order valence-electron chi connectivity index (χ2n) is 5.71. The number of ether oxygens (including phenoxy) is 1. The summed E-state index contributed by atoms with van der Waals surface area (Å²) in [5.41, 5.74) is 2.82. The third kappa shape index (κ3) is 2.70. The summed E-state index contributed by atoms with van der Waals surface area (Å²) in [6.45, 7) is 5.89. The number of likely N-dealkylation sites (tertiary alicyclic amines) is 1. The number of hydrogen-bond donors (Lipinski definition) is 1. The molecular weight excluding hydrogens is 260 g/mol. The van der Waals surface area contributed by atoms with E-state index in [9.17, 15) is 5.11 Å². The molecule has 1 N–H and O–H groups in total.